The Kier molecular flexibility index (Phi) is 4.83. The van der Waals surface area contributed by atoms with Gasteiger partial charge in [-0.2, -0.15) is 0 Å². The van der Waals surface area contributed by atoms with E-state index in [4.69, 9.17) is 4.74 Å². The molecule has 0 saturated carbocycles. The van der Waals surface area contributed by atoms with Crippen molar-refractivity contribution in [1.82, 2.24) is 4.90 Å². The minimum absolute atomic E-state index is 0.155. The third kappa shape index (κ3) is 4.02. The van der Waals surface area contributed by atoms with Gasteiger partial charge >= 0.3 is 0 Å². The molecule has 0 N–H and O–H groups in total. The average molecular weight is 248 g/mol. The van der Waals surface area contributed by atoms with Crippen LogP contribution >= 0.6 is 12.2 Å². The van der Waals surface area contributed by atoms with Crippen molar-refractivity contribution >= 4 is 17.4 Å². The first-order chi connectivity index (χ1) is 8.38. The molecule has 0 radical (unpaired) electrons. The number of nitrogens with zero attached hydrogens (tertiary/aromatic N) is 2. The van der Waals surface area contributed by atoms with Gasteiger partial charge in [-0.1, -0.05) is 30.3 Å². The highest BCUT2D eigenvalue weighted by molar-refractivity contribution is 7.78. The summed E-state index contributed by atoms with van der Waals surface area (Å²) < 4.78 is 5.63. The Bertz CT molecular complexity index is 390. The summed E-state index contributed by atoms with van der Waals surface area (Å²) in [5.41, 5.74) is 1.34. The third-order valence-electron chi connectivity index (χ3n) is 2.83. The molecule has 1 aromatic rings. The van der Waals surface area contributed by atoms with Crippen LogP contribution in [0.25, 0.3) is 0 Å². The number of morpholine rings is 1. The molecule has 1 atom stereocenters. The predicted molar refractivity (Wildman–Crippen MR) is 71.4 cm³/mol. The molecule has 1 heterocycles. The zero-order valence-corrected chi connectivity index (χ0v) is 10.5. The van der Waals surface area contributed by atoms with Crippen LogP contribution in [0.15, 0.2) is 35.3 Å². The fourth-order valence-corrected chi connectivity index (χ4v) is 2.09. The Morgan fingerprint density at radius 2 is 2.24 bits per heavy atom. The number of ether oxygens (including phenoxy) is 1. The number of benzene rings is 1. The second-order valence-corrected chi connectivity index (χ2v) is 4.33. The van der Waals surface area contributed by atoms with Gasteiger partial charge in [-0.25, -0.2) is 4.99 Å². The predicted octanol–water partition coefficient (Wildman–Crippen LogP) is 1.99. The second kappa shape index (κ2) is 6.62. The van der Waals surface area contributed by atoms with Crippen LogP contribution in [0.2, 0.25) is 0 Å². The van der Waals surface area contributed by atoms with Gasteiger partial charge < -0.3 is 4.74 Å². The van der Waals surface area contributed by atoms with E-state index in [0.717, 1.165) is 26.2 Å². The average Bonchev–Trinajstić information content (AvgIpc) is 2.38. The molecule has 1 saturated heterocycles. The summed E-state index contributed by atoms with van der Waals surface area (Å²) in [6.45, 7) is 4.25. The van der Waals surface area contributed by atoms with E-state index in [9.17, 15) is 0 Å². The molecule has 17 heavy (non-hydrogen) atoms. The molecular weight excluding hydrogens is 232 g/mol. The van der Waals surface area contributed by atoms with E-state index in [1.165, 1.54) is 5.56 Å². The van der Waals surface area contributed by atoms with Crippen molar-refractivity contribution in [3.05, 3.63) is 35.9 Å². The van der Waals surface area contributed by atoms with Crippen molar-refractivity contribution in [3.63, 3.8) is 0 Å². The Balaban J connectivity index is 1.87. The van der Waals surface area contributed by atoms with E-state index >= 15 is 0 Å². The quantitative estimate of drug-likeness (QED) is 0.602. The van der Waals surface area contributed by atoms with Gasteiger partial charge in [-0.15, -0.1) is 0 Å². The summed E-state index contributed by atoms with van der Waals surface area (Å²) in [4.78, 5) is 6.34. The highest BCUT2D eigenvalue weighted by atomic mass is 32.1. The van der Waals surface area contributed by atoms with Crippen molar-refractivity contribution < 1.29 is 4.74 Å². The number of rotatable bonds is 4. The first kappa shape index (κ1) is 12.4. The lowest BCUT2D eigenvalue weighted by Crippen LogP contribution is -2.43. The summed E-state index contributed by atoms with van der Waals surface area (Å²) in [5.74, 6) is 0. The van der Waals surface area contributed by atoms with Crippen molar-refractivity contribution in [2.75, 3.05) is 26.2 Å². The smallest absolute Gasteiger partial charge is 0.0905 e. The van der Waals surface area contributed by atoms with Gasteiger partial charge in [0.1, 0.15) is 0 Å². The van der Waals surface area contributed by atoms with Crippen molar-refractivity contribution in [2.45, 2.75) is 12.6 Å². The van der Waals surface area contributed by atoms with Gasteiger partial charge in [0, 0.05) is 19.6 Å². The largest absolute Gasteiger partial charge is 0.374 e. The van der Waals surface area contributed by atoms with E-state index in [2.05, 4.69) is 51.5 Å². The fraction of sp³-hybridized carbons (Fsp3) is 0.462. The van der Waals surface area contributed by atoms with Crippen LogP contribution in [0.3, 0.4) is 0 Å². The molecule has 1 aliphatic heterocycles. The zero-order valence-electron chi connectivity index (χ0n) is 9.71. The molecule has 2 rings (SSSR count). The fourth-order valence-electron chi connectivity index (χ4n) is 2.02. The SMILES string of the molecule is S=C=NCC1CN(Cc2ccccc2)CCO1. The highest BCUT2D eigenvalue weighted by Crippen LogP contribution is 2.10. The number of hydrogen-bond donors (Lipinski definition) is 0. The Labute approximate surface area is 107 Å². The molecule has 4 heteroatoms. The molecule has 90 valence electrons. The summed E-state index contributed by atoms with van der Waals surface area (Å²) in [7, 11) is 0. The molecular formula is C13H16N2OS. The van der Waals surface area contributed by atoms with Gasteiger partial charge in [0.25, 0.3) is 0 Å². The third-order valence-corrected chi connectivity index (χ3v) is 2.96. The van der Waals surface area contributed by atoms with Crippen LogP contribution in [0.1, 0.15) is 5.56 Å². The Morgan fingerprint density at radius 3 is 3.00 bits per heavy atom. The maximum atomic E-state index is 5.63. The van der Waals surface area contributed by atoms with E-state index in [1.807, 2.05) is 6.07 Å². The van der Waals surface area contributed by atoms with E-state index in [-0.39, 0.29) is 6.10 Å². The van der Waals surface area contributed by atoms with E-state index in [0.29, 0.717) is 6.54 Å². The molecule has 1 aromatic carbocycles. The first-order valence-electron chi connectivity index (χ1n) is 5.80. The molecule has 1 unspecified atom stereocenters. The van der Waals surface area contributed by atoms with Gasteiger partial charge in [0.15, 0.2) is 0 Å². The van der Waals surface area contributed by atoms with Crippen LogP contribution in [-0.2, 0) is 11.3 Å². The number of thiocarbonyl (C=S) groups is 1. The Morgan fingerprint density at radius 1 is 1.41 bits per heavy atom. The number of isothiocyanates is 1. The lowest BCUT2D eigenvalue weighted by molar-refractivity contribution is -0.0257. The monoisotopic (exact) mass is 248 g/mol. The molecule has 3 nitrogen and oxygen atoms in total. The van der Waals surface area contributed by atoms with E-state index in [1.54, 1.807) is 0 Å². The Hall–Kier alpha value is -1.06. The summed E-state index contributed by atoms with van der Waals surface area (Å²) >= 11 is 4.57. The van der Waals surface area contributed by atoms with Gasteiger partial charge in [0.05, 0.1) is 24.4 Å². The molecule has 0 bridgehead atoms. The molecule has 0 amide bonds. The van der Waals surface area contributed by atoms with Gasteiger partial charge in [-0.3, -0.25) is 4.90 Å². The van der Waals surface area contributed by atoms with Crippen LogP contribution < -0.4 is 0 Å². The van der Waals surface area contributed by atoms with Crippen LogP contribution in [0, 0.1) is 0 Å². The maximum Gasteiger partial charge on any atom is 0.0905 e. The molecule has 1 aliphatic rings. The summed E-state index contributed by atoms with van der Waals surface area (Å²) in [6, 6.07) is 10.5. The van der Waals surface area contributed by atoms with Crippen LogP contribution in [0.4, 0.5) is 0 Å². The second-order valence-electron chi connectivity index (χ2n) is 4.15. The van der Waals surface area contributed by atoms with Crippen molar-refractivity contribution in [3.8, 4) is 0 Å². The molecule has 1 fully saturated rings. The highest BCUT2D eigenvalue weighted by Gasteiger charge is 2.19. The minimum atomic E-state index is 0.155. The summed E-state index contributed by atoms with van der Waals surface area (Å²) in [6.07, 6.45) is 0.155. The zero-order chi connectivity index (χ0) is 11.9. The standard InChI is InChI=1S/C13H16N2OS/c17-11-14-8-13-10-15(6-7-16-13)9-12-4-2-1-3-5-12/h1-5,13H,6-10H2. The lowest BCUT2D eigenvalue weighted by Gasteiger charge is -2.32. The molecule has 0 aliphatic carbocycles. The van der Waals surface area contributed by atoms with Crippen molar-refractivity contribution in [2.24, 2.45) is 4.99 Å². The minimum Gasteiger partial charge on any atom is -0.374 e. The van der Waals surface area contributed by atoms with Crippen LogP contribution in [0.5, 0.6) is 0 Å². The summed E-state index contributed by atoms with van der Waals surface area (Å²) in [5, 5.41) is 2.39. The molecule has 0 spiro atoms. The lowest BCUT2D eigenvalue weighted by atomic mass is 10.2. The van der Waals surface area contributed by atoms with E-state index < -0.39 is 0 Å². The normalized spacial score (nSPS) is 20.8. The number of hydrogen-bond acceptors (Lipinski definition) is 4. The van der Waals surface area contributed by atoms with Gasteiger partial charge in [-0.05, 0) is 17.8 Å². The number of aliphatic imine (C=N–C) groups is 1. The molecule has 0 aromatic heterocycles. The first-order valence-corrected chi connectivity index (χ1v) is 6.21. The maximum absolute atomic E-state index is 5.63. The van der Waals surface area contributed by atoms with Crippen molar-refractivity contribution in [1.29, 1.82) is 0 Å². The van der Waals surface area contributed by atoms with Gasteiger partial charge in [0.2, 0.25) is 0 Å². The topological polar surface area (TPSA) is 24.8 Å². The van der Waals surface area contributed by atoms with Crippen LogP contribution in [-0.4, -0.2) is 42.4 Å².